The summed E-state index contributed by atoms with van der Waals surface area (Å²) in [5, 5.41) is 1.20. The highest BCUT2D eigenvalue weighted by Gasteiger charge is 2.26. The number of piperidine rings is 1. The van der Waals surface area contributed by atoms with E-state index in [4.69, 9.17) is 4.74 Å². The lowest BCUT2D eigenvalue weighted by atomic mass is 9.96. The SMILES string of the molecule is CCOC(=O)C1CCN(c2cnc3ccccc3c2C)CC1. The summed E-state index contributed by atoms with van der Waals surface area (Å²) in [6.07, 6.45) is 3.67. The molecule has 0 amide bonds. The molecule has 22 heavy (non-hydrogen) atoms. The van der Waals surface area contributed by atoms with E-state index in [-0.39, 0.29) is 11.9 Å². The van der Waals surface area contributed by atoms with Crippen molar-refractivity contribution < 1.29 is 9.53 Å². The van der Waals surface area contributed by atoms with Crippen molar-refractivity contribution in [2.24, 2.45) is 5.92 Å². The Labute approximate surface area is 131 Å². The summed E-state index contributed by atoms with van der Waals surface area (Å²) in [6.45, 7) is 6.23. The molecule has 0 bridgehead atoms. The number of benzene rings is 1. The number of pyridine rings is 1. The van der Waals surface area contributed by atoms with E-state index < -0.39 is 0 Å². The average molecular weight is 298 g/mol. The number of aryl methyl sites for hydroxylation is 1. The van der Waals surface area contributed by atoms with Crippen molar-refractivity contribution in [1.29, 1.82) is 0 Å². The lowest BCUT2D eigenvalue weighted by Gasteiger charge is -2.33. The van der Waals surface area contributed by atoms with E-state index in [0.29, 0.717) is 6.61 Å². The lowest BCUT2D eigenvalue weighted by molar-refractivity contribution is -0.148. The van der Waals surface area contributed by atoms with Crippen molar-refractivity contribution in [2.75, 3.05) is 24.6 Å². The summed E-state index contributed by atoms with van der Waals surface area (Å²) in [6, 6.07) is 8.22. The van der Waals surface area contributed by atoms with Gasteiger partial charge in [0.15, 0.2) is 0 Å². The van der Waals surface area contributed by atoms with Crippen molar-refractivity contribution >= 4 is 22.6 Å². The number of rotatable bonds is 3. The highest BCUT2D eigenvalue weighted by Crippen LogP contribution is 2.30. The van der Waals surface area contributed by atoms with Crippen LogP contribution in [0.25, 0.3) is 10.9 Å². The van der Waals surface area contributed by atoms with Gasteiger partial charge in [0.25, 0.3) is 0 Å². The maximum atomic E-state index is 11.8. The molecule has 1 aliphatic rings. The molecule has 2 aromatic rings. The van der Waals surface area contributed by atoms with Gasteiger partial charge in [0.2, 0.25) is 0 Å². The van der Waals surface area contributed by atoms with Gasteiger partial charge in [-0.15, -0.1) is 0 Å². The molecule has 4 heteroatoms. The van der Waals surface area contributed by atoms with Gasteiger partial charge in [-0.1, -0.05) is 18.2 Å². The van der Waals surface area contributed by atoms with Gasteiger partial charge in [0, 0.05) is 18.5 Å². The lowest BCUT2D eigenvalue weighted by Crippen LogP contribution is -2.37. The average Bonchev–Trinajstić information content (AvgIpc) is 2.56. The smallest absolute Gasteiger partial charge is 0.309 e. The van der Waals surface area contributed by atoms with Crippen LogP contribution in [0.4, 0.5) is 5.69 Å². The minimum absolute atomic E-state index is 0.0458. The third-order valence-electron chi connectivity index (χ3n) is 4.47. The minimum atomic E-state index is -0.0458. The number of ether oxygens (including phenoxy) is 1. The molecule has 3 rings (SSSR count). The Balaban J connectivity index is 1.76. The summed E-state index contributed by atoms with van der Waals surface area (Å²) in [7, 11) is 0. The topological polar surface area (TPSA) is 42.4 Å². The molecule has 1 saturated heterocycles. The predicted molar refractivity (Wildman–Crippen MR) is 88.1 cm³/mol. The normalized spacial score (nSPS) is 16.0. The molecule has 1 aliphatic heterocycles. The fourth-order valence-corrected chi connectivity index (χ4v) is 3.20. The van der Waals surface area contributed by atoms with Crippen LogP contribution in [-0.4, -0.2) is 30.6 Å². The number of hydrogen-bond acceptors (Lipinski definition) is 4. The van der Waals surface area contributed by atoms with Crippen LogP contribution < -0.4 is 4.90 Å². The molecule has 1 fully saturated rings. The zero-order valence-electron chi connectivity index (χ0n) is 13.2. The molecular formula is C18H22N2O2. The fourth-order valence-electron chi connectivity index (χ4n) is 3.20. The largest absolute Gasteiger partial charge is 0.466 e. The van der Waals surface area contributed by atoms with Gasteiger partial charge in [-0.05, 0) is 38.3 Å². The third kappa shape index (κ3) is 2.78. The predicted octanol–water partition coefficient (Wildman–Crippen LogP) is 3.32. The van der Waals surface area contributed by atoms with Crippen LogP contribution in [0.1, 0.15) is 25.3 Å². The molecule has 1 aromatic carbocycles. The van der Waals surface area contributed by atoms with Gasteiger partial charge in [0.1, 0.15) is 0 Å². The Morgan fingerprint density at radius 3 is 2.77 bits per heavy atom. The molecule has 0 unspecified atom stereocenters. The Hall–Kier alpha value is -2.10. The first-order chi connectivity index (χ1) is 10.7. The van der Waals surface area contributed by atoms with Gasteiger partial charge in [-0.25, -0.2) is 0 Å². The molecule has 0 radical (unpaired) electrons. The number of para-hydroxylation sites is 1. The van der Waals surface area contributed by atoms with Crippen molar-refractivity contribution in [1.82, 2.24) is 4.98 Å². The van der Waals surface area contributed by atoms with Crippen LogP contribution in [-0.2, 0) is 9.53 Å². The van der Waals surface area contributed by atoms with Gasteiger partial charge >= 0.3 is 5.97 Å². The minimum Gasteiger partial charge on any atom is -0.466 e. The molecule has 0 N–H and O–H groups in total. The van der Waals surface area contributed by atoms with E-state index in [2.05, 4.69) is 22.9 Å². The van der Waals surface area contributed by atoms with E-state index in [1.54, 1.807) is 0 Å². The highest BCUT2D eigenvalue weighted by atomic mass is 16.5. The number of carbonyl (C=O) groups excluding carboxylic acids is 1. The van der Waals surface area contributed by atoms with Crippen molar-refractivity contribution in [3.8, 4) is 0 Å². The first kappa shape index (κ1) is 14.8. The zero-order valence-corrected chi connectivity index (χ0v) is 13.2. The second-order valence-corrected chi connectivity index (χ2v) is 5.80. The van der Waals surface area contributed by atoms with Gasteiger partial charge in [0.05, 0.1) is 29.9 Å². The number of esters is 1. The Morgan fingerprint density at radius 1 is 1.32 bits per heavy atom. The highest BCUT2D eigenvalue weighted by molar-refractivity contribution is 5.86. The maximum absolute atomic E-state index is 11.8. The number of anilines is 1. The van der Waals surface area contributed by atoms with Gasteiger partial charge in [-0.3, -0.25) is 9.78 Å². The van der Waals surface area contributed by atoms with Crippen molar-refractivity contribution in [2.45, 2.75) is 26.7 Å². The molecule has 116 valence electrons. The Kier molecular flexibility index (Phi) is 4.27. The first-order valence-electron chi connectivity index (χ1n) is 7.96. The van der Waals surface area contributed by atoms with Crippen LogP contribution in [0.5, 0.6) is 0 Å². The standard InChI is InChI=1S/C18H22N2O2/c1-3-22-18(21)14-8-10-20(11-9-14)17-12-19-16-7-5-4-6-15(16)13(17)2/h4-7,12,14H,3,8-11H2,1-2H3. The summed E-state index contributed by atoms with van der Waals surface area (Å²) in [5.41, 5.74) is 3.48. The Morgan fingerprint density at radius 2 is 2.05 bits per heavy atom. The van der Waals surface area contributed by atoms with Gasteiger partial charge in [-0.2, -0.15) is 0 Å². The first-order valence-corrected chi connectivity index (χ1v) is 7.96. The molecule has 2 heterocycles. The van der Waals surface area contributed by atoms with Crippen LogP contribution >= 0.6 is 0 Å². The molecule has 1 aromatic heterocycles. The third-order valence-corrected chi connectivity index (χ3v) is 4.47. The molecule has 4 nitrogen and oxygen atoms in total. The number of carbonyl (C=O) groups is 1. The van der Waals surface area contributed by atoms with E-state index in [1.807, 2.05) is 31.3 Å². The maximum Gasteiger partial charge on any atom is 0.309 e. The summed E-state index contributed by atoms with van der Waals surface area (Å²) < 4.78 is 5.13. The summed E-state index contributed by atoms with van der Waals surface area (Å²) >= 11 is 0. The van der Waals surface area contributed by atoms with E-state index >= 15 is 0 Å². The van der Waals surface area contributed by atoms with E-state index in [1.165, 1.54) is 16.6 Å². The second kappa shape index (κ2) is 6.34. The monoisotopic (exact) mass is 298 g/mol. The molecular weight excluding hydrogens is 276 g/mol. The van der Waals surface area contributed by atoms with Crippen LogP contribution in [0, 0.1) is 12.8 Å². The summed E-state index contributed by atoms with van der Waals surface area (Å²) in [4.78, 5) is 18.7. The second-order valence-electron chi connectivity index (χ2n) is 5.80. The molecule has 0 saturated carbocycles. The van der Waals surface area contributed by atoms with E-state index in [9.17, 15) is 4.79 Å². The van der Waals surface area contributed by atoms with Crippen LogP contribution in [0.2, 0.25) is 0 Å². The van der Waals surface area contributed by atoms with Gasteiger partial charge < -0.3 is 9.64 Å². The molecule has 0 atom stereocenters. The number of hydrogen-bond donors (Lipinski definition) is 0. The fraction of sp³-hybridized carbons (Fsp3) is 0.444. The quantitative estimate of drug-likeness (QED) is 0.815. The number of nitrogens with zero attached hydrogens (tertiary/aromatic N) is 2. The van der Waals surface area contributed by atoms with Crippen LogP contribution in [0.3, 0.4) is 0 Å². The molecule has 0 spiro atoms. The molecule has 0 aliphatic carbocycles. The van der Waals surface area contributed by atoms with Crippen molar-refractivity contribution in [3.63, 3.8) is 0 Å². The van der Waals surface area contributed by atoms with Crippen LogP contribution in [0.15, 0.2) is 30.5 Å². The number of aromatic nitrogens is 1. The Bertz CT molecular complexity index is 676. The van der Waals surface area contributed by atoms with Crippen molar-refractivity contribution in [3.05, 3.63) is 36.0 Å². The summed E-state index contributed by atoms with van der Waals surface area (Å²) in [5.74, 6) is 0.000398. The zero-order chi connectivity index (χ0) is 15.5. The number of fused-ring (bicyclic) bond motifs is 1. The van der Waals surface area contributed by atoms with E-state index in [0.717, 1.165) is 31.4 Å².